The Morgan fingerprint density at radius 1 is 0.980 bits per heavy atom. The van der Waals surface area contributed by atoms with Crippen LogP contribution in [0.1, 0.15) is 56.2 Å². The second kappa shape index (κ2) is 17.2. The lowest BCUT2D eigenvalue weighted by molar-refractivity contribution is -0.605. The van der Waals surface area contributed by atoms with Crippen LogP contribution in [0.25, 0.3) is 0 Å². The third kappa shape index (κ3) is 9.64. The quantitative estimate of drug-likeness (QED) is 0.0877. The zero-order valence-electron chi connectivity index (χ0n) is 27.5. The number of benzene rings is 2. The van der Waals surface area contributed by atoms with Crippen molar-refractivity contribution in [2.45, 2.75) is 38.0 Å². The van der Waals surface area contributed by atoms with Gasteiger partial charge in [-0.15, -0.1) is 11.3 Å². The number of esters is 2. The van der Waals surface area contributed by atoms with Gasteiger partial charge in [-0.2, -0.15) is 4.73 Å². The molecule has 1 fully saturated rings. The summed E-state index contributed by atoms with van der Waals surface area (Å²) in [5, 5.41) is 15.5. The zero-order chi connectivity index (χ0) is 34.9. The number of aromatic nitrogens is 1. The highest BCUT2D eigenvalue weighted by Crippen LogP contribution is 2.36. The number of thiophene rings is 1. The number of nitrogens with one attached hydrogen (secondary N) is 1. The SMILES string of the molecule is COc1ccc(C(Cc2c(Cl)c[n+]([O-])cc2Cl)OC(=O)c2ccc(CNC(C(=O)OCC3CCN(C)CC3)c3ccccc3)s2)cc1OC. The molecule has 1 aliphatic heterocycles. The van der Waals surface area contributed by atoms with Gasteiger partial charge in [-0.1, -0.05) is 59.6 Å². The van der Waals surface area contributed by atoms with E-state index in [1.54, 1.807) is 24.3 Å². The molecule has 2 unspecified atom stereocenters. The number of ether oxygens (including phenoxy) is 4. The molecule has 0 radical (unpaired) electrons. The van der Waals surface area contributed by atoms with Gasteiger partial charge < -0.3 is 29.1 Å². The van der Waals surface area contributed by atoms with E-state index in [2.05, 4.69) is 17.3 Å². The van der Waals surface area contributed by atoms with Gasteiger partial charge in [0, 0.05) is 23.4 Å². The molecule has 13 heteroatoms. The minimum Gasteiger partial charge on any atom is -0.619 e. The second-order valence-corrected chi connectivity index (χ2v) is 13.9. The first-order valence-electron chi connectivity index (χ1n) is 15.9. The second-order valence-electron chi connectivity index (χ2n) is 11.9. The maximum absolute atomic E-state index is 13.6. The molecule has 5 rings (SSSR count). The lowest BCUT2D eigenvalue weighted by atomic mass is 9.98. The van der Waals surface area contributed by atoms with Gasteiger partial charge in [0.15, 0.2) is 23.9 Å². The van der Waals surface area contributed by atoms with Crippen LogP contribution in [0.5, 0.6) is 11.5 Å². The maximum Gasteiger partial charge on any atom is 0.348 e. The van der Waals surface area contributed by atoms with Crippen LogP contribution in [0.15, 0.2) is 73.1 Å². The fourth-order valence-electron chi connectivity index (χ4n) is 5.66. The average molecular weight is 729 g/mol. The Hall–Kier alpha value is -3.87. The number of piperidine rings is 1. The number of hydrogen-bond donors (Lipinski definition) is 1. The molecule has 0 amide bonds. The van der Waals surface area contributed by atoms with E-state index in [1.807, 2.05) is 36.4 Å². The zero-order valence-corrected chi connectivity index (χ0v) is 29.9. The molecule has 0 bridgehead atoms. The van der Waals surface area contributed by atoms with E-state index in [0.29, 0.717) is 51.3 Å². The molecule has 2 atom stereocenters. The summed E-state index contributed by atoms with van der Waals surface area (Å²) >= 11 is 14.0. The van der Waals surface area contributed by atoms with E-state index < -0.39 is 18.1 Å². The lowest BCUT2D eigenvalue weighted by Gasteiger charge is -2.29. The Labute approximate surface area is 300 Å². The number of likely N-dealkylation sites (tertiary alicyclic amines) is 1. The molecule has 4 aromatic rings. The predicted molar refractivity (Wildman–Crippen MR) is 188 cm³/mol. The van der Waals surface area contributed by atoms with E-state index in [1.165, 1.54) is 38.0 Å². The van der Waals surface area contributed by atoms with Crippen LogP contribution >= 0.6 is 34.5 Å². The standard InChI is InChI=1S/C36H39Cl2N3O7S/c1-40-15-13-23(14-16-40)22-47-36(43)34(24-7-5-4-6-8-24)39-19-26-10-12-33(49-26)35(42)48-31(18-27-28(37)20-41(44)21-29(27)38)25-9-11-30(45-2)32(17-25)46-3/h4-12,17,20-21,23,31,34,39H,13-16,18-19,22H2,1-3H3. The summed E-state index contributed by atoms with van der Waals surface area (Å²) < 4.78 is 23.2. The van der Waals surface area contributed by atoms with Gasteiger partial charge in [-0.25, -0.2) is 9.59 Å². The molecule has 1 saturated heterocycles. The molecule has 1 aliphatic rings. The lowest BCUT2D eigenvalue weighted by Crippen LogP contribution is -2.34. The Morgan fingerprint density at radius 3 is 2.35 bits per heavy atom. The van der Waals surface area contributed by atoms with Crippen LogP contribution in [-0.2, 0) is 27.2 Å². The summed E-state index contributed by atoms with van der Waals surface area (Å²) in [6.45, 7) is 2.71. The summed E-state index contributed by atoms with van der Waals surface area (Å²) in [5.41, 5.74) is 1.86. The molecule has 49 heavy (non-hydrogen) atoms. The fourth-order valence-corrected chi connectivity index (χ4v) is 7.10. The smallest absolute Gasteiger partial charge is 0.348 e. The third-order valence-corrected chi connectivity index (χ3v) is 10.2. The number of rotatable bonds is 14. The number of methoxy groups -OCH3 is 2. The molecule has 0 spiro atoms. The molecular formula is C36H39Cl2N3O7S. The van der Waals surface area contributed by atoms with Gasteiger partial charge in [0.25, 0.3) is 0 Å². The minimum absolute atomic E-state index is 0.0952. The highest BCUT2D eigenvalue weighted by atomic mass is 35.5. The largest absolute Gasteiger partial charge is 0.619 e. The molecule has 3 heterocycles. The molecule has 10 nitrogen and oxygen atoms in total. The number of carbonyl (C=O) groups is 2. The van der Waals surface area contributed by atoms with Gasteiger partial charge >= 0.3 is 11.9 Å². The van der Waals surface area contributed by atoms with Crippen molar-refractivity contribution in [1.29, 1.82) is 0 Å². The number of carbonyl (C=O) groups excluding carboxylic acids is 2. The first-order chi connectivity index (χ1) is 23.6. The van der Waals surface area contributed by atoms with Gasteiger partial charge in [0.2, 0.25) is 0 Å². The highest BCUT2D eigenvalue weighted by molar-refractivity contribution is 7.13. The third-order valence-electron chi connectivity index (χ3n) is 8.49. The number of nitrogens with zero attached hydrogens (tertiary/aromatic N) is 2. The monoisotopic (exact) mass is 727 g/mol. The van der Waals surface area contributed by atoms with Crippen molar-refractivity contribution in [2.24, 2.45) is 5.92 Å². The maximum atomic E-state index is 13.6. The predicted octanol–water partition coefficient (Wildman–Crippen LogP) is 6.56. The van der Waals surface area contributed by atoms with Gasteiger partial charge in [0.1, 0.15) is 27.1 Å². The summed E-state index contributed by atoms with van der Waals surface area (Å²) in [6.07, 6.45) is 3.65. The molecule has 2 aromatic carbocycles. The molecule has 260 valence electrons. The van der Waals surface area contributed by atoms with Crippen LogP contribution in [0.2, 0.25) is 10.0 Å². The summed E-state index contributed by atoms with van der Waals surface area (Å²) in [7, 11) is 5.14. The Balaban J connectivity index is 1.29. The van der Waals surface area contributed by atoms with Crippen molar-refractivity contribution >= 4 is 46.5 Å². The van der Waals surface area contributed by atoms with Crippen molar-refractivity contribution in [3.63, 3.8) is 0 Å². The van der Waals surface area contributed by atoms with Crippen LogP contribution in [0, 0.1) is 11.1 Å². The molecule has 0 saturated carbocycles. The summed E-state index contributed by atoms with van der Waals surface area (Å²) in [4.78, 5) is 30.4. The Morgan fingerprint density at radius 2 is 1.67 bits per heavy atom. The van der Waals surface area contributed by atoms with E-state index in [9.17, 15) is 14.8 Å². The van der Waals surface area contributed by atoms with Crippen LogP contribution < -0.4 is 19.5 Å². The van der Waals surface area contributed by atoms with Crippen LogP contribution in [-0.4, -0.2) is 57.8 Å². The fraction of sp³-hybridized carbons (Fsp3) is 0.361. The van der Waals surface area contributed by atoms with E-state index >= 15 is 0 Å². The van der Waals surface area contributed by atoms with E-state index in [0.717, 1.165) is 36.4 Å². The van der Waals surface area contributed by atoms with Gasteiger partial charge in [-0.05, 0) is 74.3 Å². The van der Waals surface area contributed by atoms with Crippen molar-refractivity contribution in [3.05, 3.63) is 115 Å². The van der Waals surface area contributed by atoms with Crippen molar-refractivity contribution < 1.29 is 33.3 Å². The van der Waals surface area contributed by atoms with Gasteiger partial charge in [0.05, 0.1) is 20.8 Å². The highest BCUT2D eigenvalue weighted by Gasteiger charge is 2.27. The van der Waals surface area contributed by atoms with Crippen LogP contribution in [0.3, 0.4) is 0 Å². The number of halogens is 2. The van der Waals surface area contributed by atoms with Gasteiger partial charge in [-0.3, -0.25) is 5.32 Å². The van der Waals surface area contributed by atoms with Crippen LogP contribution in [0.4, 0.5) is 0 Å². The minimum atomic E-state index is -0.838. The molecule has 0 aliphatic carbocycles. The van der Waals surface area contributed by atoms with Crippen molar-refractivity contribution in [3.8, 4) is 11.5 Å². The number of pyridine rings is 1. The van der Waals surface area contributed by atoms with E-state index in [4.69, 9.17) is 42.1 Å². The first kappa shape index (κ1) is 36.4. The average Bonchev–Trinajstić information content (AvgIpc) is 3.58. The molecule has 1 N–H and O–H groups in total. The molecule has 2 aromatic heterocycles. The molecular weight excluding hydrogens is 689 g/mol. The number of hydrogen-bond acceptors (Lipinski definition) is 10. The topological polar surface area (TPSA) is 113 Å². The normalized spacial score (nSPS) is 15.0. The Kier molecular flexibility index (Phi) is 12.8. The first-order valence-corrected chi connectivity index (χ1v) is 17.4. The van der Waals surface area contributed by atoms with E-state index in [-0.39, 0.29) is 22.4 Å². The van der Waals surface area contributed by atoms with Crippen molar-refractivity contribution in [2.75, 3.05) is 41.0 Å². The summed E-state index contributed by atoms with van der Waals surface area (Å²) in [6, 6.07) is 17.5. The Bertz CT molecular complexity index is 1710. The van der Waals surface area contributed by atoms with Crippen molar-refractivity contribution in [1.82, 2.24) is 10.2 Å². The summed E-state index contributed by atoms with van der Waals surface area (Å²) in [5.74, 6) is 0.415.